The van der Waals surface area contributed by atoms with Crippen molar-refractivity contribution in [3.8, 4) is 0 Å². The van der Waals surface area contributed by atoms with Gasteiger partial charge in [-0.1, -0.05) is 25.3 Å². The monoisotopic (exact) mass is 346 g/mol. The third-order valence-corrected chi connectivity index (χ3v) is 4.71. The minimum atomic E-state index is -0.614. The Bertz CT molecular complexity index is 639. The van der Waals surface area contributed by atoms with E-state index >= 15 is 0 Å². The van der Waals surface area contributed by atoms with Gasteiger partial charge in [0.05, 0.1) is 6.54 Å². The highest BCUT2D eigenvalue weighted by atomic mass is 16.2. The summed E-state index contributed by atoms with van der Waals surface area (Å²) in [4.78, 5) is 35.1. The van der Waals surface area contributed by atoms with Gasteiger partial charge >= 0.3 is 0 Å². The lowest BCUT2D eigenvalue weighted by atomic mass is 9.71. The first-order chi connectivity index (χ1) is 11.9. The van der Waals surface area contributed by atoms with Crippen LogP contribution in [-0.4, -0.2) is 30.8 Å². The summed E-state index contributed by atoms with van der Waals surface area (Å²) >= 11 is 0. The number of anilines is 1. The molecule has 0 atom stereocenters. The van der Waals surface area contributed by atoms with Crippen LogP contribution in [0.4, 0.5) is 5.69 Å². The number of benzene rings is 1. The zero-order chi connectivity index (χ0) is 18.3. The van der Waals surface area contributed by atoms with Gasteiger partial charge in [0.25, 0.3) is 5.91 Å². The average molecular weight is 346 g/mol. The number of nitrogens with two attached hydrogens (primary N) is 2. The van der Waals surface area contributed by atoms with E-state index in [-0.39, 0.29) is 17.9 Å². The maximum absolute atomic E-state index is 12.4. The molecule has 0 unspecified atom stereocenters. The van der Waals surface area contributed by atoms with E-state index in [0.29, 0.717) is 24.2 Å². The molecule has 1 aromatic rings. The Morgan fingerprint density at radius 1 is 1.12 bits per heavy atom. The topological polar surface area (TPSA) is 127 Å². The lowest BCUT2D eigenvalue weighted by molar-refractivity contribution is -0.119. The second-order valence-corrected chi connectivity index (χ2v) is 6.72. The van der Waals surface area contributed by atoms with Crippen LogP contribution in [0.5, 0.6) is 0 Å². The third kappa shape index (κ3) is 5.56. The summed E-state index contributed by atoms with van der Waals surface area (Å²) in [5.74, 6) is -1.12. The molecule has 3 amide bonds. The van der Waals surface area contributed by atoms with E-state index in [0.717, 1.165) is 25.7 Å². The van der Waals surface area contributed by atoms with E-state index in [1.165, 1.54) is 6.42 Å². The molecule has 0 bridgehead atoms. The molecule has 0 saturated heterocycles. The third-order valence-electron chi connectivity index (χ3n) is 4.71. The molecule has 1 aliphatic rings. The van der Waals surface area contributed by atoms with E-state index in [9.17, 15) is 14.4 Å². The number of rotatable bonds is 7. The Kier molecular flexibility index (Phi) is 6.52. The van der Waals surface area contributed by atoms with Crippen molar-refractivity contribution in [2.45, 2.75) is 38.5 Å². The first-order valence-corrected chi connectivity index (χ1v) is 8.61. The number of carbonyl (C=O) groups is 3. The van der Waals surface area contributed by atoms with Crippen molar-refractivity contribution in [1.82, 2.24) is 5.32 Å². The molecule has 1 saturated carbocycles. The molecule has 1 aromatic carbocycles. The minimum Gasteiger partial charge on any atom is -0.368 e. The van der Waals surface area contributed by atoms with Crippen molar-refractivity contribution in [3.63, 3.8) is 0 Å². The van der Waals surface area contributed by atoms with Crippen LogP contribution < -0.4 is 22.1 Å². The van der Waals surface area contributed by atoms with Gasteiger partial charge in [-0.3, -0.25) is 14.4 Å². The summed E-state index contributed by atoms with van der Waals surface area (Å²) in [6, 6.07) is 6.57. The molecule has 1 aliphatic carbocycles. The van der Waals surface area contributed by atoms with Gasteiger partial charge < -0.3 is 22.1 Å². The van der Waals surface area contributed by atoms with Crippen LogP contribution >= 0.6 is 0 Å². The van der Waals surface area contributed by atoms with Crippen molar-refractivity contribution < 1.29 is 14.4 Å². The highest BCUT2D eigenvalue weighted by Crippen LogP contribution is 2.38. The Morgan fingerprint density at radius 2 is 1.84 bits per heavy atom. The number of hydrogen-bond donors (Lipinski definition) is 4. The van der Waals surface area contributed by atoms with Crippen molar-refractivity contribution in [2.24, 2.45) is 16.9 Å². The lowest BCUT2D eigenvalue weighted by Crippen LogP contribution is -2.36. The maximum Gasteiger partial charge on any atom is 0.251 e. The summed E-state index contributed by atoms with van der Waals surface area (Å²) in [6.07, 6.45) is 5.77. The molecule has 25 heavy (non-hydrogen) atoms. The summed E-state index contributed by atoms with van der Waals surface area (Å²) in [7, 11) is 0. The second kappa shape index (κ2) is 8.62. The van der Waals surface area contributed by atoms with Crippen molar-refractivity contribution >= 4 is 23.4 Å². The van der Waals surface area contributed by atoms with Gasteiger partial charge in [0.2, 0.25) is 11.8 Å². The number of carbonyl (C=O) groups excluding carboxylic acids is 3. The van der Waals surface area contributed by atoms with E-state index < -0.39 is 11.8 Å². The van der Waals surface area contributed by atoms with Gasteiger partial charge in [0, 0.05) is 17.7 Å². The smallest absolute Gasteiger partial charge is 0.251 e. The molecule has 2 rings (SSSR count). The molecule has 0 aromatic heterocycles. The van der Waals surface area contributed by atoms with Crippen LogP contribution in [0.3, 0.4) is 0 Å². The van der Waals surface area contributed by atoms with Gasteiger partial charge in [-0.05, 0) is 43.0 Å². The lowest BCUT2D eigenvalue weighted by Gasteiger charge is -2.35. The van der Waals surface area contributed by atoms with Crippen molar-refractivity contribution in [3.05, 3.63) is 29.8 Å². The number of amides is 3. The molecule has 7 heteroatoms. The van der Waals surface area contributed by atoms with Crippen molar-refractivity contribution in [1.29, 1.82) is 0 Å². The summed E-state index contributed by atoms with van der Waals surface area (Å²) in [6.45, 7) is 0.282. The molecule has 0 heterocycles. The maximum atomic E-state index is 12.4. The largest absolute Gasteiger partial charge is 0.368 e. The zero-order valence-corrected chi connectivity index (χ0v) is 14.3. The predicted molar refractivity (Wildman–Crippen MR) is 95.8 cm³/mol. The summed E-state index contributed by atoms with van der Waals surface area (Å²) < 4.78 is 0. The molecular formula is C18H26N4O3. The molecule has 0 radical (unpaired) electrons. The first kappa shape index (κ1) is 18.9. The standard InChI is InChI=1S/C18H26N4O3/c19-12-18(7-2-1-3-8-18)10-16(24)22-14-6-4-5-13(9-14)17(25)21-11-15(20)23/h4-6,9H,1-3,7-8,10-12,19H2,(H2,20,23)(H,21,25)(H,22,24). The van der Waals surface area contributed by atoms with Gasteiger partial charge in [0.1, 0.15) is 0 Å². The second-order valence-electron chi connectivity index (χ2n) is 6.72. The highest BCUT2D eigenvalue weighted by Gasteiger charge is 2.32. The SMILES string of the molecule is NCC1(CC(=O)Nc2cccc(C(=O)NCC(N)=O)c2)CCCCC1. The fourth-order valence-electron chi connectivity index (χ4n) is 3.31. The van der Waals surface area contributed by atoms with Gasteiger partial charge in [-0.25, -0.2) is 0 Å². The van der Waals surface area contributed by atoms with Crippen LogP contribution in [0.25, 0.3) is 0 Å². The number of hydrogen-bond acceptors (Lipinski definition) is 4. The van der Waals surface area contributed by atoms with Gasteiger partial charge in [-0.15, -0.1) is 0 Å². The van der Waals surface area contributed by atoms with Crippen LogP contribution in [0, 0.1) is 5.41 Å². The van der Waals surface area contributed by atoms with Gasteiger partial charge in [0.15, 0.2) is 0 Å². The fraction of sp³-hybridized carbons (Fsp3) is 0.500. The summed E-state index contributed by atoms with van der Waals surface area (Å²) in [5.41, 5.74) is 11.7. The molecule has 6 N–H and O–H groups in total. The van der Waals surface area contributed by atoms with Gasteiger partial charge in [-0.2, -0.15) is 0 Å². The minimum absolute atomic E-state index is 0.0953. The van der Waals surface area contributed by atoms with Crippen LogP contribution in [-0.2, 0) is 9.59 Å². The Morgan fingerprint density at radius 3 is 2.48 bits per heavy atom. The number of nitrogens with one attached hydrogen (secondary N) is 2. The fourth-order valence-corrected chi connectivity index (χ4v) is 3.31. The van der Waals surface area contributed by atoms with Crippen LogP contribution in [0.15, 0.2) is 24.3 Å². The van der Waals surface area contributed by atoms with E-state index in [2.05, 4.69) is 10.6 Å². The Labute approximate surface area is 147 Å². The molecule has 7 nitrogen and oxygen atoms in total. The normalized spacial score (nSPS) is 16.0. The predicted octanol–water partition coefficient (Wildman–Crippen LogP) is 1.14. The molecule has 0 spiro atoms. The zero-order valence-electron chi connectivity index (χ0n) is 14.3. The average Bonchev–Trinajstić information content (AvgIpc) is 2.60. The van der Waals surface area contributed by atoms with Crippen LogP contribution in [0.2, 0.25) is 0 Å². The molecule has 1 fully saturated rings. The van der Waals surface area contributed by atoms with E-state index in [1.807, 2.05) is 0 Å². The first-order valence-electron chi connectivity index (χ1n) is 8.61. The summed E-state index contributed by atoms with van der Waals surface area (Å²) in [5, 5.41) is 5.26. The number of primary amides is 1. The van der Waals surface area contributed by atoms with Crippen LogP contribution in [0.1, 0.15) is 48.9 Å². The molecular weight excluding hydrogens is 320 g/mol. The molecule has 136 valence electrons. The van der Waals surface area contributed by atoms with E-state index in [4.69, 9.17) is 11.5 Å². The molecule has 0 aliphatic heterocycles. The Balaban J connectivity index is 1.97. The Hall–Kier alpha value is -2.41. The van der Waals surface area contributed by atoms with E-state index in [1.54, 1.807) is 24.3 Å². The highest BCUT2D eigenvalue weighted by molar-refractivity contribution is 5.98. The van der Waals surface area contributed by atoms with Crippen molar-refractivity contribution in [2.75, 3.05) is 18.4 Å². The quantitative estimate of drug-likeness (QED) is 0.590.